The molecule has 2 rings (SSSR count). The molecule has 2 aromatic carbocycles. The number of ether oxygens (including phenoxy) is 1. The second-order valence-electron chi connectivity index (χ2n) is 6.89. The Hall–Kier alpha value is -2.89. The predicted octanol–water partition coefficient (Wildman–Crippen LogP) is 3.71. The van der Waals surface area contributed by atoms with Gasteiger partial charge in [0.25, 0.3) is 0 Å². The van der Waals surface area contributed by atoms with E-state index in [9.17, 15) is 14.0 Å². The minimum absolute atomic E-state index is 0.0990. The quantitative estimate of drug-likeness (QED) is 0.661. The van der Waals surface area contributed by atoms with E-state index in [1.165, 1.54) is 12.1 Å². The lowest BCUT2D eigenvalue weighted by atomic mass is 10.1. The molecule has 0 aliphatic rings. The molecule has 0 aliphatic carbocycles. The summed E-state index contributed by atoms with van der Waals surface area (Å²) < 4.78 is 18.5. The van der Waals surface area contributed by atoms with E-state index in [0.29, 0.717) is 24.3 Å². The summed E-state index contributed by atoms with van der Waals surface area (Å²) in [5.74, 6) is -0.000593. The summed E-state index contributed by atoms with van der Waals surface area (Å²) >= 11 is 0. The fourth-order valence-electron chi connectivity index (χ4n) is 3.13. The average Bonchev–Trinajstić information content (AvgIpc) is 2.73. The van der Waals surface area contributed by atoms with Crippen LogP contribution in [0.25, 0.3) is 0 Å². The molecule has 0 saturated carbocycles. The molecule has 29 heavy (non-hydrogen) atoms. The minimum Gasteiger partial charge on any atom is -0.497 e. The van der Waals surface area contributed by atoms with Crippen LogP contribution >= 0.6 is 0 Å². The SMILES string of the molecule is CCCNC(=O)C(CC)N(Cc1cccc(OC)c1)C(=O)Cc1ccc(F)cc1. The predicted molar refractivity (Wildman–Crippen MR) is 111 cm³/mol. The number of rotatable bonds is 10. The van der Waals surface area contributed by atoms with Gasteiger partial charge < -0.3 is 15.0 Å². The van der Waals surface area contributed by atoms with E-state index in [1.807, 2.05) is 38.1 Å². The van der Waals surface area contributed by atoms with Crippen LogP contribution in [0.3, 0.4) is 0 Å². The number of hydrogen-bond acceptors (Lipinski definition) is 3. The van der Waals surface area contributed by atoms with E-state index in [4.69, 9.17) is 4.74 Å². The van der Waals surface area contributed by atoms with E-state index in [2.05, 4.69) is 5.32 Å². The molecule has 0 radical (unpaired) electrons. The van der Waals surface area contributed by atoms with E-state index in [0.717, 1.165) is 12.0 Å². The van der Waals surface area contributed by atoms with Gasteiger partial charge in [-0.2, -0.15) is 0 Å². The zero-order chi connectivity index (χ0) is 21.2. The Balaban J connectivity index is 2.27. The number of nitrogens with one attached hydrogen (secondary N) is 1. The molecule has 156 valence electrons. The highest BCUT2D eigenvalue weighted by molar-refractivity contribution is 5.88. The molecule has 2 aromatic rings. The number of amides is 2. The van der Waals surface area contributed by atoms with Crippen LogP contribution < -0.4 is 10.1 Å². The van der Waals surface area contributed by atoms with Crippen LogP contribution in [-0.4, -0.2) is 36.4 Å². The van der Waals surface area contributed by atoms with Crippen LogP contribution in [-0.2, 0) is 22.6 Å². The van der Waals surface area contributed by atoms with Gasteiger partial charge in [-0.25, -0.2) is 4.39 Å². The molecule has 0 fully saturated rings. The van der Waals surface area contributed by atoms with E-state index < -0.39 is 6.04 Å². The monoisotopic (exact) mass is 400 g/mol. The first kappa shape index (κ1) is 22.4. The summed E-state index contributed by atoms with van der Waals surface area (Å²) in [4.78, 5) is 27.5. The Morgan fingerprint density at radius 2 is 1.83 bits per heavy atom. The molecule has 0 aromatic heterocycles. The Morgan fingerprint density at radius 1 is 1.10 bits per heavy atom. The summed E-state index contributed by atoms with van der Waals surface area (Å²) in [5.41, 5.74) is 1.58. The lowest BCUT2D eigenvalue weighted by Gasteiger charge is -2.31. The molecular formula is C23H29FN2O3. The van der Waals surface area contributed by atoms with Gasteiger partial charge in [-0.05, 0) is 48.2 Å². The molecule has 1 N–H and O–H groups in total. The third-order valence-electron chi connectivity index (χ3n) is 4.69. The van der Waals surface area contributed by atoms with Crippen LogP contribution in [0.15, 0.2) is 48.5 Å². The molecule has 1 unspecified atom stereocenters. The fraction of sp³-hybridized carbons (Fsp3) is 0.391. The van der Waals surface area contributed by atoms with Gasteiger partial charge in [0, 0.05) is 13.1 Å². The van der Waals surface area contributed by atoms with Gasteiger partial charge in [-0.15, -0.1) is 0 Å². The van der Waals surface area contributed by atoms with Crippen molar-refractivity contribution < 1.29 is 18.7 Å². The summed E-state index contributed by atoms with van der Waals surface area (Å²) in [6, 6.07) is 12.7. The van der Waals surface area contributed by atoms with Gasteiger partial charge in [-0.1, -0.05) is 38.1 Å². The van der Waals surface area contributed by atoms with Gasteiger partial charge >= 0.3 is 0 Å². The van der Waals surface area contributed by atoms with Gasteiger partial charge in [0.2, 0.25) is 11.8 Å². The van der Waals surface area contributed by atoms with Crippen LogP contribution in [0, 0.1) is 5.82 Å². The molecule has 0 saturated heterocycles. The number of carbonyl (C=O) groups excluding carboxylic acids is 2. The zero-order valence-corrected chi connectivity index (χ0v) is 17.3. The Bertz CT molecular complexity index is 808. The number of halogens is 1. The molecule has 2 amide bonds. The summed E-state index contributed by atoms with van der Waals surface area (Å²) in [7, 11) is 1.59. The Morgan fingerprint density at radius 3 is 2.45 bits per heavy atom. The van der Waals surface area contributed by atoms with Gasteiger partial charge in [0.1, 0.15) is 17.6 Å². The Kier molecular flexibility index (Phi) is 8.65. The maximum atomic E-state index is 13.2. The largest absolute Gasteiger partial charge is 0.497 e. The van der Waals surface area contributed by atoms with Crippen molar-refractivity contribution in [1.29, 1.82) is 0 Å². The standard InChI is InChI=1S/C23H29FN2O3/c1-4-13-25-23(28)21(5-2)26(16-18-7-6-8-20(14-18)29-3)22(27)15-17-9-11-19(24)12-10-17/h6-12,14,21H,4-5,13,15-16H2,1-3H3,(H,25,28). The topological polar surface area (TPSA) is 58.6 Å². The zero-order valence-electron chi connectivity index (χ0n) is 17.3. The van der Waals surface area contributed by atoms with Crippen molar-refractivity contribution in [3.05, 3.63) is 65.5 Å². The fourth-order valence-corrected chi connectivity index (χ4v) is 3.13. The lowest BCUT2D eigenvalue weighted by molar-refractivity contribution is -0.140. The number of methoxy groups -OCH3 is 1. The van der Waals surface area contributed by atoms with Crippen molar-refractivity contribution in [2.24, 2.45) is 0 Å². The van der Waals surface area contributed by atoms with Crippen molar-refractivity contribution in [2.75, 3.05) is 13.7 Å². The van der Waals surface area contributed by atoms with Crippen molar-refractivity contribution in [2.45, 2.75) is 45.7 Å². The molecule has 5 nitrogen and oxygen atoms in total. The van der Waals surface area contributed by atoms with Crippen molar-refractivity contribution >= 4 is 11.8 Å². The van der Waals surface area contributed by atoms with Gasteiger partial charge in [0.05, 0.1) is 13.5 Å². The molecule has 6 heteroatoms. The molecular weight excluding hydrogens is 371 g/mol. The van der Waals surface area contributed by atoms with Crippen molar-refractivity contribution in [3.63, 3.8) is 0 Å². The third-order valence-corrected chi connectivity index (χ3v) is 4.69. The van der Waals surface area contributed by atoms with Crippen LogP contribution in [0.5, 0.6) is 5.75 Å². The van der Waals surface area contributed by atoms with Crippen molar-refractivity contribution in [3.8, 4) is 5.75 Å². The van der Waals surface area contributed by atoms with Crippen molar-refractivity contribution in [1.82, 2.24) is 10.2 Å². The highest BCUT2D eigenvalue weighted by Gasteiger charge is 2.28. The number of benzene rings is 2. The van der Waals surface area contributed by atoms with E-state index >= 15 is 0 Å². The summed E-state index contributed by atoms with van der Waals surface area (Å²) in [6.07, 6.45) is 1.41. The normalized spacial score (nSPS) is 11.6. The first-order valence-electron chi connectivity index (χ1n) is 9.93. The van der Waals surface area contributed by atoms with Gasteiger partial charge in [-0.3, -0.25) is 9.59 Å². The van der Waals surface area contributed by atoms with Crippen LogP contribution in [0.4, 0.5) is 4.39 Å². The highest BCUT2D eigenvalue weighted by Crippen LogP contribution is 2.18. The first-order chi connectivity index (χ1) is 14.0. The summed E-state index contributed by atoms with van der Waals surface area (Å²) in [6.45, 7) is 4.72. The van der Waals surface area contributed by atoms with E-state index in [1.54, 1.807) is 24.1 Å². The number of carbonyl (C=O) groups is 2. The minimum atomic E-state index is -0.583. The molecule has 0 bridgehead atoms. The molecule has 0 aliphatic heterocycles. The molecule has 1 atom stereocenters. The highest BCUT2D eigenvalue weighted by atomic mass is 19.1. The van der Waals surface area contributed by atoms with Crippen LogP contribution in [0.2, 0.25) is 0 Å². The summed E-state index contributed by atoms with van der Waals surface area (Å²) in [5, 5.41) is 2.89. The Labute approximate surface area is 171 Å². The third kappa shape index (κ3) is 6.59. The lowest BCUT2D eigenvalue weighted by Crippen LogP contribution is -2.49. The first-order valence-corrected chi connectivity index (χ1v) is 9.93. The number of hydrogen-bond donors (Lipinski definition) is 1. The second-order valence-corrected chi connectivity index (χ2v) is 6.89. The number of nitrogens with zero attached hydrogens (tertiary/aromatic N) is 1. The molecule has 0 spiro atoms. The maximum absolute atomic E-state index is 13.2. The van der Waals surface area contributed by atoms with Crippen LogP contribution in [0.1, 0.15) is 37.8 Å². The van der Waals surface area contributed by atoms with E-state index in [-0.39, 0.29) is 30.6 Å². The second kappa shape index (κ2) is 11.2. The van der Waals surface area contributed by atoms with Gasteiger partial charge in [0.15, 0.2) is 0 Å². The average molecular weight is 400 g/mol. The molecule has 0 heterocycles. The smallest absolute Gasteiger partial charge is 0.242 e. The maximum Gasteiger partial charge on any atom is 0.242 e.